The molecule has 0 bridgehead atoms. The zero-order chi connectivity index (χ0) is 15.9. The Hall–Kier alpha value is -1.41. The van der Waals surface area contributed by atoms with E-state index in [0.717, 1.165) is 39.1 Å². The molecule has 0 aliphatic carbocycles. The smallest absolute Gasteiger partial charge is 0.283 e. The fourth-order valence-electron chi connectivity index (χ4n) is 2.38. The molecule has 2 N–H and O–H groups in total. The Balaban J connectivity index is 0.00000264. The first-order valence-electron chi connectivity index (χ1n) is 7.23. The largest absolute Gasteiger partial charge is 0.352 e. The molecule has 9 heteroatoms. The number of hydrogen-bond donors (Lipinski definition) is 2. The Morgan fingerprint density at radius 2 is 2.09 bits per heavy atom. The van der Waals surface area contributed by atoms with Gasteiger partial charge in [-0.3, -0.25) is 14.9 Å². The van der Waals surface area contributed by atoms with Crippen LogP contribution in [-0.4, -0.2) is 55.0 Å². The van der Waals surface area contributed by atoms with Crippen LogP contribution in [0.2, 0.25) is 5.02 Å². The van der Waals surface area contributed by atoms with Gasteiger partial charge in [0.25, 0.3) is 11.6 Å². The van der Waals surface area contributed by atoms with Crippen LogP contribution in [0.15, 0.2) is 18.2 Å². The number of benzene rings is 1. The van der Waals surface area contributed by atoms with Crippen LogP contribution < -0.4 is 10.6 Å². The van der Waals surface area contributed by atoms with Crippen LogP contribution in [0, 0.1) is 10.1 Å². The molecule has 0 saturated carbocycles. The van der Waals surface area contributed by atoms with Crippen molar-refractivity contribution in [1.82, 2.24) is 15.5 Å². The SMILES string of the molecule is Cl.O=C(NCCCN1CCNCC1)c1ccc(Cl)cc1[N+](=O)[O-]. The zero-order valence-electron chi connectivity index (χ0n) is 12.6. The van der Waals surface area contributed by atoms with E-state index in [2.05, 4.69) is 15.5 Å². The number of amides is 1. The summed E-state index contributed by atoms with van der Waals surface area (Å²) in [6.45, 7) is 5.40. The van der Waals surface area contributed by atoms with E-state index < -0.39 is 10.8 Å². The molecule has 23 heavy (non-hydrogen) atoms. The molecule has 1 fully saturated rings. The quantitative estimate of drug-likeness (QED) is 0.456. The van der Waals surface area contributed by atoms with E-state index in [1.165, 1.54) is 18.2 Å². The summed E-state index contributed by atoms with van der Waals surface area (Å²) in [7, 11) is 0. The molecule has 7 nitrogen and oxygen atoms in total. The first kappa shape index (κ1) is 19.6. The monoisotopic (exact) mass is 362 g/mol. The highest BCUT2D eigenvalue weighted by atomic mass is 35.5. The summed E-state index contributed by atoms with van der Waals surface area (Å²) < 4.78 is 0. The first-order valence-corrected chi connectivity index (χ1v) is 7.61. The molecule has 0 unspecified atom stereocenters. The van der Waals surface area contributed by atoms with Crippen LogP contribution in [0.5, 0.6) is 0 Å². The van der Waals surface area contributed by atoms with Crippen LogP contribution in [0.25, 0.3) is 0 Å². The van der Waals surface area contributed by atoms with Crippen LogP contribution >= 0.6 is 24.0 Å². The fraction of sp³-hybridized carbons (Fsp3) is 0.500. The number of nitro groups is 1. The second kappa shape index (κ2) is 9.67. The normalized spacial score (nSPS) is 14.8. The Bertz CT molecular complexity index is 551. The molecule has 1 aromatic rings. The second-order valence-corrected chi connectivity index (χ2v) is 5.56. The molecule has 1 saturated heterocycles. The average Bonchev–Trinajstić information content (AvgIpc) is 2.52. The van der Waals surface area contributed by atoms with E-state index in [1.54, 1.807) is 0 Å². The van der Waals surface area contributed by atoms with Gasteiger partial charge in [-0.25, -0.2) is 0 Å². The summed E-state index contributed by atoms with van der Waals surface area (Å²) in [6.07, 6.45) is 0.813. The summed E-state index contributed by atoms with van der Waals surface area (Å²) in [5.74, 6) is -0.441. The Labute approximate surface area is 145 Å². The van der Waals surface area contributed by atoms with Crippen molar-refractivity contribution in [3.8, 4) is 0 Å². The molecule has 1 amide bonds. The number of hydrogen-bond acceptors (Lipinski definition) is 5. The van der Waals surface area contributed by atoms with Crippen molar-refractivity contribution >= 4 is 35.6 Å². The number of carbonyl (C=O) groups excluding carboxylic acids is 1. The lowest BCUT2D eigenvalue weighted by Crippen LogP contribution is -2.44. The maximum absolute atomic E-state index is 12.1. The van der Waals surface area contributed by atoms with Gasteiger partial charge >= 0.3 is 0 Å². The fourth-order valence-corrected chi connectivity index (χ4v) is 2.55. The molecule has 128 valence electrons. The number of nitrogens with zero attached hydrogens (tertiary/aromatic N) is 2. The van der Waals surface area contributed by atoms with Crippen molar-refractivity contribution in [3.63, 3.8) is 0 Å². The third-order valence-corrected chi connectivity index (χ3v) is 3.78. The number of carbonyl (C=O) groups is 1. The molecule has 0 aromatic heterocycles. The summed E-state index contributed by atoms with van der Waals surface area (Å²) in [6, 6.07) is 4.05. The van der Waals surface area contributed by atoms with Crippen molar-refractivity contribution in [2.75, 3.05) is 39.3 Å². The highest BCUT2D eigenvalue weighted by Crippen LogP contribution is 2.23. The van der Waals surface area contributed by atoms with E-state index in [0.29, 0.717) is 6.54 Å². The van der Waals surface area contributed by atoms with Gasteiger partial charge in [-0.1, -0.05) is 11.6 Å². The maximum Gasteiger partial charge on any atom is 0.283 e. The number of rotatable bonds is 6. The van der Waals surface area contributed by atoms with Crippen molar-refractivity contribution in [2.45, 2.75) is 6.42 Å². The van der Waals surface area contributed by atoms with Gasteiger partial charge in [0.15, 0.2) is 0 Å². The minimum absolute atomic E-state index is 0. The van der Waals surface area contributed by atoms with E-state index in [-0.39, 0.29) is 28.7 Å². The lowest BCUT2D eigenvalue weighted by molar-refractivity contribution is -0.385. The Morgan fingerprint density at radius 3 is 2.74 bits per heavy atom. The van der Waals surface area contributed by atoms with Gasteiger partial charge in [0.05, 0.1) is 4.92 Å². The second-order valence-electron chi connectivity index (χ2n) is 5.12. The minimum Gasteiger partial charge on any atom is -0.352 e. The summed E-state index contributed by atoms with van der Waals surface area (Å²) in [5, 5.41) is 17.2. The lowest BCUT2D eigenvalue weighted by atomic mass is 10.1. The summed E-state index contributed by atoms with van der Waals surface area (Å²) in [4.78, 5) is 24.8. The van der Waals surface area contributed by atoms with Crippen LogP contribution in [0.1, 0.15) is 16.8 Å². The molecular formula is C14H20Cl2N4O3. The minimum atomic E-state index is -0.596. The number of piperazine rings is 1. The third kappa shape index (κ3) is 5.95. The predicted molar refractivity (Wildman–Crippen MR) is 91.6 cm³/mol. The van der Waals surface area contributed by atoms with Gasteiger partial charge in [-0.05, 0) is 25.1 Å². The van der Waals surface area contributed by atoms with Crippen molar-refractivity contribution in [3.05, 3.63) is 38.9 Å². The van der Waals surface area contributed by atoms with Gasteiger partial charge < -0.3 is 15.5 Å². The molecular weight excluding hydrogens is 343 g/mol. The van der Waals surface area contributed by atoms with Crippen molar-refractivity contribution < 1.29 is 9.72 Å². The molecule has 0 spiro atoms. The van der Waals surface area contributed by atoms with E-state index >= 15 is 0 Å². The van der Waals surface area contributed by atoms with Gasteiger partial charge in [0.2, 0.25) is 0 Å². The third-order valence-electron chi connectivity index (χ3n) is 3.55. The number of nitrogens with one attached hydrogen (secondary N) is 2. The standard InChI is InChI=1S/C14H19ClN4O3.ClH/c15-11-2-3-12(13(10-11)19(21)22)14(20)17-4-1-7-18-8-5-16-6-9-18;/h2-3,10,16H,1,4-9H2,(H,17,20);1H. The number of halogens is 2. The molecule has 1 aromatic carbocycles. The van der Waals surface area contributed by atoms with Crippen LogP contribution in [0.4, 0.5) is 5.69 Å². The van der Waals surface area contributed by atoms with Gasteiger partial charge in [0, 0.05) is 43.8 Å². The molecule has 2 rings (SSSR count). The van der Waals surface area contributed by atoms with Crippen molar-refractivity contribution in [1.29, 1.82) is 0 Å². The van der Waals surface area contributed by atoms with Gasteiger partial charge in [-0.15, -0.1) is 12.4 Å². The van der Waals surface area contributed by atoms with Crippen LogP contribution in [0.3, 0.4) is 0 Å². The first-order chi connectivity index (χ1) is 10.6. The highest BCUT2D eigenvalue weighted by Gasteiger charge is 2.20. The number of nitro benzene ring substituents is 1. The Kier molecular flexibility index (Phi) is 8.25. The average molecular weight is 363 g/mol. The molecule has 0 atom stereocenters. The lowest BCUT2D eigenvalue weighted by Gasteiger charge is -2.27. The molecule has 1 aliphatic heterocycles. The summed E-state index contributed by atoms with van der Waals surface area (Å²) in [5.41, 5.74) is -0.233. The molecule has 1 heterocycles. The van der Waals surface area contributed by atoms with Crippen molar-refractivity contribution in [2.24, 2.45) is 0 Å². The topological polar surface area (TPSA) is 87.5 Å². The highest BCUT2D eigenvalue weighted by molar-refractivity contribution is 6.31. The van der Waals surface area contributed by atoms with Gasteiger partial charge in [-0.2, -0.15) is 0 Å². The molecule has 1 aliphatic rings. The summed E-state index contributed by atoms with van der Waals surface area (Å²) >= 11 is 5.73. The van der Waals surface area contributed by atoms with E-state index in [1.807, 2.05) is 0 Å². The van der Waals surface area contributed by atoms with E-state index in [9.17, 15) is 14.9 Å². The maximum atomic E-state index is 12.1. The predicted octanol–water partition coefficient (Wildman–Crippen LogP) is 1.70. The van der Waals surface area contributed by atoms with E-state index in [4.69, 9.17) is 11.6 Å². The van der Waals surface area contributed by atoms with Gasteiger partial charge in [0.1, 0.15) is 5.56 Å². The zero-order valence-corrected chi connectivity index (χ0v) is 14.2. The van der Waals surface area contributed by atoms with Crippen LogP contribution in [-0.2, 0) is 0 Å². The Morgan fingerprint density at radius 1 is 1.39 bits per heavy atom. The molecule has 0 radical (unpaired) electrons.